The van der Waals surface area contributed by atoms with Crippen molar-refractivity contribution in [3.8, 4) is 5.75 Å². The van der Waals surface area contributed by atoms with E-state index in [1.807, 2.05) is 11.0 Å². The van der Waals surface area contributed by atoms with Gasteiger partial charge in [-0.3, -0.25) is 0 Å². The lowest BCUT2D eigenvalue weighted by Crippen LogP contribution is -2.32. The van der Waals surface area contributed by atoms with E-state index < -0.39 is 5.82 Å². The van der Waals surface area contributed by atoms with Gasteiger partial charge in [0.05, 0.1) is 30.8 Å². The van der Waals surface area contributed by atoms with Crippen molar-refractivity contribution < 1.29 is 13.9 Å². The van der Waals surface area contributed by atoms with Gasteiger partial charge in [-0.1, -0.05) is 0 Å². The molecular weight excluding hydrogens is 261 g/mol. The van der Waals surface area contributed by atoms with Gasteiger partial charge in [-0.2, -0.15) is 0 Å². The van der Waals surface area contributed by atoms with Crippen molar-refractivity contribution in [3.63, 3.8) is 0 Å². The normalized spacial score (nSPS) is 13.8. The zero-order chi connectivity index (χ0) is 13.9. The second kappa shape index (κ2) is 5.32. The number of nitrogens with zero attached hydrogens (tertiary/aromatic N) is 2. The molecule has 0 spiro atoms. The third-order valence-corrected chi connectivity index (χ3v) is 3.27. The van der Waals surface area contributed by atoms with Crippen LogP contribution in [0.1, 0.15) is 11.3 Å². The number of nitrogens with one attached hydrogen (secondary N) is 1. The van der Waals surface area contributed by atoms with Crippen molar-refractivity contribution >= 4 is 12.0 Å². The fraction of sp³-hybridized carbons (Fsp3) is 0.286. The summed E-state index contributed by atoms with van der Waals surface area (Å²) < 4.78 is 19.4. The van der Waals surface area contributed by atoms with Gasteiger partial charge in [-0.25, -0.2) is 9.37 Å². The Labute approximate surface area is 115 Å². The second-order valence-corrected chi connectivity index (χ2v) is 4.64. The highest BCUT2D eigenvalue weighted by molar-refractivity contribution is 5.65. The number of aldehydes is 1. The van der Waals surface area contributed by atoms with Gasteiger partial charge in [0, 0.05) is 12.6 Å². The van der Waals surface area contributed by atoms with E-state index in [-0.39, 0.29) is 12.2 Å². The molecule has 2 aromatic rings. The minimum Gasteiger partial charge on any atom is -0.486 e. The van der Waals surface area contributed by atoms with Crippen molar-refractivity contribution in [2.75, 3.05) is 18.1 Å². The fourth-order valence-electron chi connectivity index (χ4n) is 2.34. The molecule has 0 saturated carbocycles. The molecule has 0 atom stereocenters. The van der Waals surface area contributed by atoms with E-state index in [2.05, 4.69) is 9.97 Å². The molecule has 20 heavy (non-hydrogen) atoms. The number of carbonyl (C=O) groups excluding carboxylic acids is 1. The summed E-state index contributed by atoms with van der Waals surface area (Å²) in [5.74, 6) is -0.168. The summed E-state index contributed by atoms with van der Waals surface area (Å²) in [6.45, 7) is 1.70. The summed E-state index contributed by atoms with van der Waals surface area (Å²) in [5, 5.41) is 0. The molecule has 3 rings (SSSR count). The van der Waals surface area contributed by atoms with Crippen molar-refractivity contribution in [3.05, 3.63) is 41.7 Å². The third kappa shape index (κ3) is 2.36. The van der Waals surface area contributed by atoms with Crippen LogP contribution in [-0.4, -0.2) is 29.4 Å². The number of anilines is 1. The number of rotatable bonds is 4. The minimum absolute atomic E-state index is 0.197. The van der Waals surface area contributed by atoms with Crippen LogP contribution in [0.15, 0.2) is 24.7 Å². The lowest BCUT2D eigenvalue weighted by molar-refractivity contribution is -0.107. The Hall–Kier alpha value is -2.37. The molecule has 5 nitrogen and oxygen atoms in total. The highest BCUT2D eigenvalue weighted by atomic mass is 19.1. The van der Waals surface area contributed by atoms with Gasteiger partial charge in [0.25, 0.3) is 0 Å². The molecule has 0 fully saturated rings. The maximum absolute atomic E-state index is 14.0. The van der Waals surface area contributed by atoms with Gasteiger partial charge in [-0.15, -0.1) is 0 Å². The number of halogens is 1. The van der Waals surface area contributed by atoms with Crippen molar-refractivity contribution in [2.24, 2.45) is 0 Å². The van der Waals surface area contributed by atoms with E-state index in [1.165, 1.54) is 6.07 Å². The number of aromatic nitrogens is 2. The Balaban J connectivity index is 1.95. The van der Waals surface area contributed by atoms with Crippen LogP contribution in [0.2, 0.25) is 0 Å². The first kappa shape index (κ1) is 12.7. The van der Waals surface area contributed by atoms with Crippen LogP contribution < -0.4 is 9.64 Å². The molecule has 2 heterocycles. The van der Waals surface area contributed by atoms with E-state index in [0.717, 1.165) is 12.0 Å². The summed E-state index contributed by atoms with van der Waals surface area (Å²) in [7, 11) is 0. The molecule has 1 aliphatic rings. The third-order valence-electron chi connectivity index (χ3n) is 3.27. The Morgan fingerprint density at radius 2 is 2.40 bits per heavy atom. The summed E-state index contributed by atoms with van der Waals surface area (Å²) in [4.78, 5) is 19.6. The molecule has 0 aliphatic carbocycles. The Kier molecular flexibility index (Phi) is 3.37. The summed E-state index contributed by atoms with van der Waals surface area (Å²) in [5.41, 5.74) is 2.28. The van der Waals surface area contributed by atoms with Gasteiger partial charge in [0.15, 0.2) is 11.6 Å². The van der Waals surface area contributed by atoms with Gasteiger partial charge in [0.2, 0.25) is 0 Å². The number of H-pyrrole nitrogens is 1. The number of imidazole rings is 1. The zero-order valence-electron chi connectivity index (χ0n) is 10.8. The first-order chi connectivity index (χ1) is 9.78. The molecule has 104 valence electrons. The highest BCUT2D eigenvalue weighted by Gasteiger charge is 2.22. The summed E-state index contributed by atoms with van der Waals surface area (Å²) in [6, 6.07) is 3.16. The van der Waals surface area contributed by atoms with Crippen molar-refractivity contribution in [1.29, 1.82) is 0 Å². The zero-order valence-corrected chi connectivity index (χ0v) is 10.8. The van der Waals surface area contributed by atoms with Gasteiger partial charge in [0.1, 0.15) is 12.9 Å². The number of aromatic amines is 1. The predicted molar refractivity (Wildman–Crippen MR) is 71.3 cm³/mol. The topological polar surface area (TPSA) is 58.2 Å². The monoisotopic (exact) mass is 275 g/mol. The standard InChI is InChI=1S/C14H14FN3O2/c15-12-5-10(1-3-19)6-13-14(12)20-4-2-18(13)8-11-7-16-9-17-11/h3,5-7,9H,1-2,4,8H2,(H,16,17). The van der Waals surface area contributed by atoms with Crippen molar-refractivity contribution in [1.82, 2.24) is 9.97 Å². The Bertz CT molecular complexity index is 613. The smallest absolute Gasteiger partial charge is 0.178 e. The molecule has 0 amide bonds. The number of hydrogen-bond acceptors (Lipinski definition) is 4. The van der Waals surface area contributed by atoms with E-state index in [1.54, 1.807) is 12.5 Å². The van der Waals surface area contributed by atoms with Crippen LogP contribution in [0.5, 0.6) is 5.75 Å². The van der Waals surface area contributed by atoms with E-state index in [9.17, 15) is 9.18 Å². The number of fused-ring (bicyclic) bond motifs is 1. The molecule has 1 aromatic heterocycles. The average Bonchev–Trinajstić information content (AvgIpc) is 2.93. The molecule has 0 unspecified atom stereocenters. The molecule has 1 aliphatic heterocycles. The van der Waals surface area contributed by atoms with Crippen LogP contribution in [-0.2, 0) is 17.8 Å². The molecule has 1 N–H and O–H groups in total. The summed E-state index contributed by atoms with van der Waals surface area (Å²) in [6.07, 6.45) is 4.31. The average molecular weight is 275 g/mol. The molecule has 0 saturated heterocycles. The highest BCUT2D eigenvalue weighted by Crippen LogP contribution is 2.36. The molecule has 0 radical (unpaired) electrons. The lowest BCUT2D eigenvalue weighted by Gasteiger charge is -2.31. The number of benzene rings is 1. The summed E-state index contributed by atoms with van der Waals surface area (Å²) >= 11 is 0. The number of ether oxygens (including phenoxy) is 1. The Morgan fingerprint density at radius 1 is 1.50 bits per heavy atom. The SMILES string of the molecule is O=CCc1cc(F)c2c(c1)N(Cc1cnc[nH]1)CCO2. The van der Waals surface area contributed by atoms with E-state index >= 15 is 0 Å². The lowest BCUT2D eigenvalue weighted by atomic mass is 10.1. The maximum Gasteiger partial charge on any atom is 0.178 e. The Morgan fingerprint density at radius 3 is 3.15 bits per heavy atom. The first-order valence-electron chi connectivity index (χ1n) is 6.39. The van der Waals surface area contributed by atoms with Crippen LogP contribution in [0.25, 0.3) is 0 Å². The van der Waals surface area contributed by atoms with Crippen LogP contribution >= 0.6 is 0 Å². The number of hydrogen-bond donors (Lipinski definition) is 1. The van der Waals surface area contributed by atoms with Gasteiger partial charge >= 0.3 is 0 Å². The largest absolute Gasteiger partial charge is 0.486 e. The van der Waals surface area contributed by atoms with E-state index in [4.69, 9.17) is 4.74 Å². The predicted octanol–water partition coefficient (Wildman–Crippen LogP) is 1.69. The molecular formula is C14H14FN3O2. The van der Waals surface area contributed by atoms with E-state index in [0.29, 0.717) is 30.9 Å². The van der Waals surface area contributed by atoms with Gasteiger partial charge < -0.3 is 19.4 Å². The second-order valence-electron chi connectivity index (χ2n) is 4.64. The molecule has 0 bridgehead atoms. The van der Waals surface area contributed by atoms with Gasteiger partial charge in [-0.05, 0) is 17.7 Å². The van der Waals surface area contributed by atoms with Crippen LogP contribution in [0.3, 0.4) is 0 Å². The first-order valence-corrected chi connectivity index (χ1v) is 6.39. The fourth-order valence-corrected chi connectivity index (χ4v) is 2.34. The minimum atomic E-state index is -0.423. The van der Waals surface area contributed by atoms with Crippen LogP contribution in [0.4, 0.5) is 10.1 Å². The number of carbonyl (C=O) groups is 1. The molecule has 1 aromatic carbocycles. The van der Waals surface area contributed by atoms with Crippen molar-refractivity contribution in [2.45, 2.75) is 13.0 Å². The maximum atomic E-state index is 14.0. The van der Waals surface area contributed by atoms with Crippen LogP contribution in [0, 0.1) is 5.82 Å². The quantitative estimate of drug-likeness (QED) is 0.863. The molecule has 6 heteroatoms.